The Morgan fingerprint density at radius 1 is 1.23 bits per heavy atom. The lowest BCUT2D eigenvalue weighted by molar-refractivity contribution is -0.393. The topological polar surface area (TPSA) is 165 Å². The number of nitrogens with one attached hydrogen (secondary N) is 1. The zero-order valence-corrected chi connectivity index (χ0v) is 11.2. The molecule has 0 fully saturated rings. The fourth-order valence-corrected chi connectivity index (χ4v) is 1.63. The number of nitro benzene ring substituents is 2. The Kier molecular flexibility index (Phi) is 6.16. The number of carbonyl (C=O) groups is 1. The zero-order chi connectivity index (χ0) is 16.7. The molecule has 0 amide bonds. The summed E-state index contributed by atoms with van der Waals surface area (Å²) in [7, 11) is 0. The van der Waals surface area contributed by atoms with Gasteiger partial charge in [-0.15, -0.1) is 0 Å². The predicted octanol–water partition coefficient (Wildman–Crippen LogP) is 0.622. The number of carboxylic acids is 1. The lowest BCUT2D eigenvalue weighted by atomic mass is 10.1. The van der Waals surface area contributed by atoms with Crippen molar-refractivity contribution in [2.45, 2.75) is 0 Å². The first-order chi connectivity index (χ1) is 10.4. The molecule has 0 spiro atoms. The summed E-state index contributed by atoms with van der Waals surface area (Å²) in [6.45, 7) is -0.0411. The first kappa shape index (κ1) is 17.3. The fourth-order valence-electron chi connectivity index (χ4n) is 1.63. The van der Waals surface area contributed by atoms with Gasteiger partial charge < -0.3 is 20.3 Å². The number of hydrogen-bond acceptors (Lipinski definition) is 8. The van der Waals surface area contributed by atoms with Crippen LogP contribution in [-0.4, -0.2) is 52.4 Å². The highest BCUT2D eigenvalue weighted by molar-refractivity contribution is 5.98. The smallest absolute Gasteiger partial charge is 0.338 e. The lowest BCUT2D eigenvalue weighted by Gasteiger charge is -2.10. The molecule has 0 aliphatic heterocycles. The highest BCUT2D eigenvalue weighted by Gasteiger charge is 2.27. The lowest BCUT2D eigenvalue weighted by Crippen LogP contribution is -2.15. The van der Waals surface area contributed by atoms with E-state index in [1.165, 1.54) is 0 Å². The first-order valence-corrected chi connectivity index (χ1v) is 6.01. The van der Waals surface area contributed by atoms with Gasteiger partial charge in [-0.25, -0.2) is 4.79 Å². The van der Waals surface area contributed by atoms with Crippen LogP contribution in [0.25, 0.3) is 0 Å². The highest BCUT2D eigenvalue weighted by atomic mass is 16.6. The number of anilines is 1. The van der Waals surface area contributed by atoms with Crippen molar-refractivity contribution in [1.82, 2.24) is 0 Å². The number of nitro groups is 2. The zero-order valence-electron chi connectivity index (χ0n) is 11.2. The van der Waals surface area contributed by atoms with Gasteiger partial charge in [0.2, 0.25) is 0 Å². The van der Waals surface area contributed by atoms with Crippen LogP contribution < -0.4 is 5.32 Å². The Balaban J connectivity index is 3.13. The van der Waals surface area contributed by atoms with Crippen LogP contribution in [-0.2, 0) is 4.74 Å². The van der Waals surface area contributed by atoms with Crippen molar-refractivity contribution in [3.63, 3.8) is 0 Å². The van der Waals surface area contributed by atoms with Gasteiger partial charge in [0.25, 0.3) is 11.4 Å². The van der Waals surface area contributed by atoms with E-state index in [0.717, 1.165) is 6.07 Å². The average Bonchev–Trinajstić information content (AvgIpc) is 2.45. The van der Waals surface area contributed by atoms with Crippen molar-refractivity contribution in [2.75, 3.05) is 31.7 Å². The van der Waals surface area contributed by atoms with Crippen LogP contribution in [0.15, 0.2) is 12.1 Å². The summed E-state index contributed by atoms with van der Waals surface area (Å²) >= 11 is 0. The van der Waals surface area contributed by atoms with Gasteiger partial charge in [0.15, 0.2) is 0 Å². The Bertz CT molecular complexity index is 554. The molecule has 1 rings (SSSR count). The van der Waals surface area contributed by atoms with E-state index in [9.17, 15) is 25.0 Å². The van der Waals surface area contributed by atoms with Gasteiger partial charge in [0.05, 0.1) is 41.3 Å². The van der Waals surface area contributed by atoms with Crippen LogP contribution in [0.4, 0.5) is 17.1 Å². The molecule has 120 valence electrons. The molecule has 0 saturated heterocycles. The maximum atomic E-state index is 11.2. The summed E-state index contributed by atoms with van der Waals surface area (Å²) in [5, 5.41) is 41.8. The molecule has 0 radical (unpaired) electrons. The van der Waals surface area contributed by atoms with E-state index in [1.807, 2.05) is 0 Å². The minimum Gasteiger partial charge on any atom is -0.478 e. The van der Waals surface area contributed by atoms with Crippen molar-refractivity contribution in [1.29, 1.82) is 0 Å². The fraction of sp³-hybridized carbons (Fsp3) is 0.364. The molecule has 1 aromatic rings. The van der Waals surface area contributed by atoms with Gasteiger partial charge >= 0.3 is 5.97 Å². The van der Waals surface area contributed by atoms with Crippen molar-refractivity contribution < 1.29 is 29.6 Å². The van der Waals surface area contributed by atoms with Gasteiger partial charge in [-0.2, -0.15) is 0 Å². The van der Waals surface area contributed by atoms with Crippen molar-refractivity contribution >= 4 is 23.0 Å². The molecule has 0 aliphatic carbocycles. The van der Waals surface area contributed by atoms with Gasteiger partial charge in [-0.3, -0.25) is 20.2 Å². The van der Waals surface area contributed by atoms with Crippen molar-refractivity contribution in [2.24, 2.45) is 0 Å². The number of ether oxygens (including phenoxy) is 1. The third-order valence-corrected chi connectivity index (χ3v) is 2.52. The van der Waals surface area contributed by atoms with Gasteiger partial charge in [-0.05, 0) is 0 Å². The molecule has 22 heavy (non-hydrogen) atoms. The number of aliphatic hydroxyl groups is 1. The number of rotatable bonds is 9. The second-order valence-electron chi connectivity index (χ2n) is 3.97. The van der Waals surface area contributed by atoms with Crippen LogP contribution >= 0.6 is 0 Å². The highest BCUT2D eigenvalue weighted by Crippen LogP contribution is 2.33. The number of aliphatic hydroxyl groups excluding tert-OH is 1. The van der Waals surface area contributed by atoms with E-state index in [4.69, 9.17) is 14.9 Å². The van der Waals surface area contributed by atoms with Crippen LogP contribution in [0.5, 0.6) is 0 Å². The van der Waals surface area contributed by atoms with E-state index in [-0.39, 0.29) is 32.1 Å². The third kappa shape index (κ3) is 4.36. The van der Waals surface area contributed by atoms with Gasteiger partial charge in [0, 0.05) is 12.6 Å². The van der Waals surface area contributed by atoms with Crippen molar-refractivity contribution in [3.05, 3.63) is 37.9 Å². The molecule has 0 unspecified atom stereocenters. The van der Waals surface area contributed by atoms with E-state index >= 15 is 0 Å². The Morgan fingerprint density at radius 3 is 2.41 bits per heavy atom. The monoisotopic (exact) mass is 315 g/mol. The molecular weight excluding hydrogens is 302 g/mol. The molecule has 0 aliphatic rings. The minimum atomic E-state index is -1.54. The molecule has 0 atom stereocenters. The summed E-state index contributed by atoms with van der Waals surface area (Å²) in [6.07, 6.45) is 0. The maximum absolute atomic E-state index is 11.2. The van der Waals surface area contributed by atoms with Gasteiger partial charge in [-0.1, -0.05) is 0 Å². The largest absolute Gasteiger partial charge is 0.478 e. The molecule has 0 saturated carbocycles. The van der Waals surface area contributed by atoms with Crippen LogP contribution in [0.2, 0.25) is 0 Å². The van der Waals surface area contributed by atoms with Crippen LogP contribution in [0.3, 0.4) is 0 Å². The summed E-state index contributed by atoms with van der Waals surface area (Å²) in [5.74, 6) is -1.54. The Labute approximate surface area is 123 Å². The quantitative estimate of drug-likeness (QED) is 0.336. The number of hydrogen-bond donors (Lipinski definition) is 3. The molecular formula is C11H13N3O8. The second-order valence-corrected chi connectivity index (χ2v) is 3.97. The first-order valence-electron chi connectivity index (χ1n) is 6.01. The number of carboxylic acid groups (broad SMARTS) is 1. The predicted molar refractivity (Wildman–Crippen MR) is 73.1 cm³/mol. The summed E-state index contributed by atoms with van der Waals surface area (Å²) in [4.78, 5) is 31.1. The Morgan fingerprint density at radius 2 is 1.91 bits per heavy atom. The van der Waals surface area contributed by atoms with E-state index in [0.29, 0.717) is 6.07 Å². The summed E-state index contributed by atoms with van der Waals surface area (Å²) in [5.41, 5.74) is -2.32. The molecule has 11 heteroatoms. The SMILES string of the molecule is O=C(O)c1cc([N+](=O)[O-])cc([N+](=O)[O-])c1NCCOCCO. The number of aromatic carboxylic acids is 1. The maximum Gasteiger partial charge on any atom is 0.338 e. The van der Waals surface area contributed by atoms with Gasteiger partial charge in [0.1, 0.15) is 5.69 Å². The van der Waals surface area contributed by atoms with Crippen LogP contribution in [0, 0.1) is 20.2 Å². The average molecular weight is 315 g/mol. The summed E-state index contributed by atoms with van der Waals surface area (Å²) in [6, 6.07) is 1.43. The van der Waals surface area contributed by atoms with E-state index in [2.05, 4.69) is 5.32 Å². The molecule has 3 N–H and O–H groups in total. The standard InChI is InChI=1S/C11H13N3O8/c15-2-4-22-3-1-12-10-8(11(16)17)5-7(13(18)19)6-9(10)14(20)21/h5-6,12,15H,1-4H2,(H,16,17). The minimum absolute atomic E-state index is 0.0267. The molecule has 0 heterocycles. The normalized spacial score (nSPS) is 10.2. The van der Waals surface area contributed by atoms with Crippen LogP contribution in [0.1, 0.15) is 10.4 Å². The molecule has 11 nitrogen and oxygen atoms in total. The van der Waals surface area contributed by atoms with E-state index < -0.39 is 32.8 Å². The Hall–Kier alpha value is -2.79. The number of nitrogens with zero attached hydrogens (tertiary/aromatic N) is 2. The molecule has 1 aromatic carbocycles. The van der Waals surface area contributed by atoms with Crippen molar-refractivity contribution in [3.8, 4) is 0 Å². The second kappa shape index (κ2) is 7.85. The number of benzene rings is 1. The third-order valence-electron chi connectivity index (χ3n) is 2.52. The number of non-ortho nitro benzene ring substituents is 1. The molecule has 0 aromatic heterocycles. The summed E-state index contributed by atoms with van der Waals surface area (Å²) < 4.78 is 4.93. The molecule has 0 bridgehead atoms. The van der Waals surface area contributed by atoms with E-state index in [1.54, 1.807) is 0 Å².